The number of hydrogen-bond donors (Lipinski definition) is 1. The minimum Gasteiger partial charge on any atom is -0.395 e. The quantitative estimate of drug-likeness (QED) is 0.864. The van der Waals surface area contributed by atoms with Gasteiger partial charge in [-0.25, -0.2) is 12.8 Å². The van der Waals surface area contributed by atoms with Crippen LogP contribution in [0, 0.1) is 5.82 Å². The van der Waals surface area contributed by atoms with Crippen LogP contribution < -0.4 is 0 Å². The van der Waals surface area contributed by atoms with Crippen molar-refractivity contribution < 1.29 is 31.1 Å². The molecular formula is C12H13F4NO3S. The van der Waals surface area contributed by atoms with Crippen molar-refractivity contribution in [2.24, 2.45) is 0 Å². The van der Waals surface area contributed by atoms with Gasteiger partial charge in [-0.2, -0.15) is 17.5 Å². The van der Waals surface area contributed by atoms with Gasteiger partial charge in [-0.1, -0.05) is 0 Å². The summed E-state index contributed by atoms with van der Waals surface area (Å²) in [5.74, 6) is -1.24. The van der Waals surface area contributed by atoms with Crippen LogP contribution in [-0.4, -0.2) is 37.0 Å². The molecule has 0 aromatic heterocycles. The van der Waals surface area contributed by atoms with E-state index in [4.69, 9.17) is 5.11 Å². The van der Waals surface area contributed by atoms with Crippen LogP contribution >= 0.6 is 0 Å². The van der Waals surface area contributed by atoms with Crippen LogP contribution in [0.4, 0.5) is 17.6 Å². The Morgan fingerprint density at radius 2 is 2.00 bits per heavy atom. The Kier molecular flexibility index (Phi) is 4.27. The topological polar surface area (TPSA) is 57.6 Å². The van der Waals surface area contributed by atoms with Crippen molar-refractivity contribution in [1.29, 1.82) is 0 Å². The first-order valence-electron chi connectivity index (χ1n) is 6.17. The van der Waals surface area contributed by atoms with Gasteiger partial charge in [0.25, 0.3) is 0 Å². The molecule has 2 rings (SSSR count). The molecular weight excluding hydrogens is 314 g/mol. The summed E-state index contributed by atoms with van der Waals surface area (Å²) in [5.41, 5.74) is -1.23. The van der Waals surface area contributed by atoms with Crippen molar-refractivity contribution in [1.82, 2.24) is 4.31 Å². The minimum atomic E-state index is -4.76. The van der Waals surface area contributed by atoms with Crippen LogP contribution in [-0.2, 0) is 16.2 Å². The van der Waals surface area contributed by atoms with E-state index < -0.39 is 45.1 Å². The zero-order valence-corrected chi connectivity index (χ0v) is 11.6. The van der Waals surface area contributed by atoms with Gasteiger partial charge >= 0.3 is 6.18 Å². The SMILES string of the molecule is O=S(=O)(c1cc(C(F)(F)F)ccc1F)N1CCC[C@@H]1CO. The summed E-state index contributed by atoms with van der Waals surface area (Å²) in [4.78, 5) is -1.02. The van der Waals surface area contributed by atoms with E-state index in [1.807, 2.05) is 0 Å². The molecule has 1 heterocycles. The molecule has 1 N–H and O–H groups in total. The molecule has 0 unspecified atom stereocenters. The lowest BCUT2D eigenvalue weighted by Gasteiger charge is -2.23. The highest BCUT2D eigenvalue weighted by Gasteiger charge is 2.38. The highest BCUT2D eigenvalue weighted by atomic mass is 32.2. The number of halogens is 4. The molecule has 0 aliphatic carbocycles. The molecule has 1 atom stereocenters. The highest BCUT2D eigenvalue weighted by Crippen LogP contribution is 2.33. The molecule has 118 valence electrons. The molecule has 1 fully saturated rings. The average molecular weight is 327 g/mol. The Bertz CT molecular complexity index is 630. The molecule has 1 aromatic rings. The number of benzene rings is 1. The van der Waals surface area contributed by atoms with Gasteiger partial charge in [-0.05, 0) is 31.0 Å². The Balaban J connectivity index is 2.49. The standard InChI is InChI=1S/C12H13F4NO3S/c13-10-4-3-8(12(14,15)16)6-11(10)21(19,20)17-5-1-2-9(17)7-18/h3-4,6,9,18H,1-2,5,7H2/t9-/m1/s1. The molecule has 0 spiro atoms. The lowest BCUT2D eigenvalue weighted by atomic mass is 10.2. The van der Waals surface area contributed by atoms with Crippen LogP contribution in [0.25, 0.3) is 0 Å². The van der Waals surface area contributed by atoms with Crippen molar-refractivity contribution in [3.63, 3.8) is 0 Å². The van der Waals surface area contributed by atoms with Crippen molar-refractivity contribution in [3.05, 3.63) is 29.6 Å². The molecule has 0 bridgehead atoms. The number of alkyl halides is 3. The van der Waals surface area contributed by atoms with Gasteiger partial charge in [0, 0.05) is 12.6 Å². The lowest BCUT2D eigenvalue weighted by Crippen LogP contribution is -2.38. The summed E-state index contributed by atoms with van der Waals surface area (Å²) in [6.07, 6.45) is -3.92. The zero-order chi connectivity index (χ0) is 15.8. The van der Waals surface area contributed by atoms with Gasteiger partial charge in [-0.15, -0.1) is 0 Å². The fourth-order valence-corrected chi connectivity index (χ4v) is 4.09. The fraction of sp³-hybridized carbons (Fsp3) is 0.500. The summed E-state index contributed by atoms with van der Waals surface area (Å²) >= 11 is 0. The number of aliphatic hydroxyl groups is 1. The van der Waals surface area contributed by atoms with Gasteiger partial charge in [-0.3, -0.25) is 0 Å². The molecule has 1 aliphatic heterocycles. The van der Waals surface area contributed by atoms with Crippen molar-refractivity contribution in [2.75, 3.05) is 13.2 Å². The predicted molar refractivity (Wildman–Crippen MR) is 65.4 cm³/mol. The summed E-state index contributed by atoms with van der Waals surface area (Å²) in [5, 5.41) is 9.12. The van der Waals surface area contributed by atoms with Crippen LogP contribution in [0.15, 0.2) is 23.1 Å². The van der Waals surface area contributed by atoms with Gasteiger partial charge in [0.05, 0.1) is 12.2 Å². The third kappa shape index (κ3) is 3.04. The maximum Gasteiger partial charge on any atom is 0.416 e. The van der Waals surface area contributed by atoms with Crippen LogP contribution in [0.1, 0.15) is 18.4 Å². The van der Waals surface area contributed by atoms with Crippen LogP contribution in [0.5, 0.6) is 0 Å². The van der Waals surface area contributed by atoms with Gasteiger partial charge in [0.2, 0.25) is 10.0 Å². The van der Waals surface area contributed by atoms with Gasteiger partial charge in [0.15, 0.2) is 0 Å². The van der Waals surface area contributed by atoms with Gasteiger partial charge < -0.3 is 5.11 Å². The molecule has 0 amide bonds. The van der Waals surface area contributed by atoms with Crippen LogP contribution in [0.3, 0.4) is 0 Å². The Morgan fingerprint density at radius 1 is 1.33 bits per heavy atom. The third-order valence-corrected chi connectivity index (χ3v) is 5.35. The molecule has 9 heteroatoms. The van der Waals surface area contributed by atoms with E-state index in [9.17, 15) is 26.0 Å². The van der Waals surface area contributed by atoms with E-state index in [2.05, 4.69) is 0 Å². The van der Waals surface area contributed by atoms with E-state index in [0.29, 0.717) is 25.0 Å². The smallest absolute Gasteiger partial charge is 0.395 e. The van der Waals surface area contributed by atoms with Crippen molar-refractivity contribution in [3.8, 4) is 0 Å². The number of hydrogen-bond acceptors (Lipinski definition) is 3. The van der Waals surface area contributed by atoms with Crippen molar-refractivity contribution in [2.45, 2.75) is 30.0 Å². The van der Waals surface area contributed by atoms with E-state index in [-0.39, 0.29) is 12.6 Å². The number of rotatable bonds is 3. The van der Waals surface area contributed by atoms with Crippen molar-refractivity contribution >= 4 is 10.0 Å². The molecule has 0 radical (unpaired) electrons. The average Bonchev–Trinajstić information content (AvgIpc) is 2.86. The van der Waals surface area contributed by atoms with E-state index in [0.717, 1.165) is 4.31 Å². The molecule has 1 saturated heterocycles. The Hall–Kier alpha value is -1.19. The van der Waals surface area contributed by atoms with E-state index in [1.165, 1.54) is 0 Å². The maximum atomic E-state index is 13.7. The van der Waals surface area contributed by atoms with Crippen LogP contribution in [0.2, 0.25) is 0 Å². The minimum absolute atomic E-state index is 0.0449. The largest absolute Gasteiger partial charge is 0.416 e. The summed E-state index contributed by atoms with van der Waals surface area (Å²) in [7, 11) is -4.42. The number of sulfonamides is 1. The maximum absolute atomic E-state index is 13.7. The third-order valence-electron chi connectivity index (χ3n) is 3.38. The second-order valence-electron chi connectivity index (χ2n) is 4.74. The molecule has 4 nitrogen and oxygen atoms in total. The number of aliphatic hydroxyl groups excluding tert-OH is 1. The molecule has 21 heavy (non-hydrogen) atoms. The fourth-order valence-electron chi connectivity index (χ4n) is 2.31. The summed E-state index contributed by atoms with van der Waals surface area (Å²) in [6, 6.07) is 0.530. The highest BCUT2D eigenvalue weighted by molar-refractivity contribution is 7.89. The first-order valence-corrected chi connectivity index (χ1v) is 7.61. The summed E-state index contributed by atoms with van der Waals surface area (Å²) in [6.45, 7) is -0.414. The predicted octanol–water partition coefficient (Wildman–Crippen LogP) is 1.99. The monoisotopic (exact) mass is 327 g/mol. The first-order chi connectivity index (χ1) is 9.67. The Morgan fingerprint density at radius 3 is 2.57 bits per heavy atom. The second-order valence-corrected chi connectivity index (χ2v) is 6.60. The number of nitrogens with zero attached hydrogens (tertiary/aromatic N) is 1. The normalized spacial score (nSPS) is 20.9. The first kappa shape index (κ1) is 16.2. The van der Waals surface area contributed by atoms with Gasteiger partial charge in [0.1, 0.15) is 10.7 Å². The lowest BCUT2D eigenvalue weighted by molar-refractivity contribution is -0.137. The summed E-state index contributed by atoms with van der Waals surface area (Å²) < 4.78 is 77.1. The molecule has 1 aliphatic rings. The zero-order valence-electron chi connectivity index (χ0n) is 10.8. The second kappa shape index (κ2) is 5.54. The van der Waals surface area contributed by atoms with E-state index in [1.54, 1.807) is 0 Å². The van der Waals surface area contributed by atoms with E-state index >= 15 is 0 Å². The molecule has 0 saturated carbocycles. The Labute approximate surface area is 119 Å². The molecule has 1 aromatic carbocycles.